The Bertz CT molecular complexity index is 686. The highest BCUT2D eigenvalue weighted by atomic mass is 16.7. The number of urea groups is 1. The first-order valence-corrected chi connectivity index (χ1v) is 6.94. The number of hydrogen-bond acceptors (Lipinski definition) is 4. The second kappa shape index (κ2) is 5.55. The maximum absolute atomic E-state index is 12.1. The molecule has 0 saturated carbocycles. The second-order valence-corrected chi connectivity index (χ2v) is 5.51. The third kappa shape index (κ3) is 2.95. The average Bonchev–Trinajstić information content (AvgIpc) is 2.95. The molecule has 0 aliphatic carbocycles. The molecule has 0 fully saturated rings. The Morgan fingerprint density at radius 1 is 1.23 bits per heavy atom. The molecule has 0 bridgehead atoms. The number of benzene rings is 1. The van der Waals surface area contributed by atoms with E-state index in [4.69, 9.17) is 9.47 Å². The largest absolute Gasteiger partial charge is 0.454 e. The molecule has 0 unspecified atom stereocenters. The number of carbonyl (C=O) groups is 1. The van der Waals surface area contributed by atoms with Crippen LogP contribution >= 0.6 is 0 Å². The molecule has 3 rings (SSSR count). The van der Waals surface area contributed by atoms with E-state index in [0.717, 1.165) is 11.3 Å². The van der Waals surface area contributed by atoms with E-state index in [2.05, 4.69) is 15.6 Å². The minimum absolute atomic E-state index is 0.230. The fourth-order valence-corrected chi connectivity index (χ4v) is 2.24. The number of amides is 2. The SMILES string of the molecule is CC(C)(NC(=O)Nc1cccnc1)c1ccc2c(c1)OCO2. The number of rotatable bonds is 3. The van der Waals surface area contributed by atoms with Crippen LogP contribution in [0.15, 0.2) is 42.7 Å². The Kier molecular flexibility index (Phi) is 3.58. The predicted molar refractivity (Wildman–Crippen MR) is 82.0 cm³/mol. The van der Waals surface area contributed by atoms with Crippen molar-refractivity contribution in [3.63, 3.8) is 0 Å². The molecule has 0 radical (unpaired) electrons. The zero-order chi connectivity index (χ0) is 15.6. The van der Waals surface area contributed by atoms with Gasteiger partial charge >= 0.3 is 6.03 Å². The van der Waals surface area contributed by atoms with Crippen LogP contribution in [0.4, 0.5) is 10.5 Å². The number of ether oxygens (including phenoxy) is 2. The molecule has 114 valence electrons. The Hall–Kier alpha value is -2.76. The molecular weight excluding hydrogens is 282 g/mol. The van der Waals surface area contributed by atoms with Gasteiger partial charge in [-0.15, -0.1) is 0 Å². The van der Waals surface area contributed by atoms with Crippen molar-refractivity contribution >= 4 is 11.7 Å². The first-order chi connectivity index (χ1) is 10.5. The summed E-state index contributed by atoms with van der Waals surface area (Å²) in [5.41, 5.74) is 1.01. The zero-order valence-electron chi connectivity index (χ0n) is 12.4. The lowest BCUT2D eigenvalue weighted by atomic mass is 9.94. The average molecular weight is 299 g/mol. The fraction of sp³-hybridized carbons (Fsp3) is 0.250. The minimum Gasteiger partial charge on any atom is -0.454 e. The van der Waals surface area contributed by atoms with Crippen LogP contribution in [0.5, 0.6) is 11.5 Å². The van der Waals surface area contributed by atoms with Gasteiger partial charge in [0.1, 0.15) is 0 Å². The number of aromatic nitrogens is 1. The zero-order valence-corrected chi connectivity index (χ0v) is 12.4. The second-order valence-electron chi connectivity index (χ2n) is 5.51. The Labute approximate surface area is 128 Å². The van der Waals surface area contributed by atoms with Crippen LogP contribution < -0.4 is 20.1 Å². The lowest BCUT2D eigenvalue weighted by molar-refractivity contribution is 0.174. The van der Waals surface area contributed by atoms with Crippen LogP contribution in [0.1, 0.15) is 19.4 Å². The Morgan fingerprint density at radius 3 is 2.82 bits per heavy atom. The summed E-state index contributed by atoms with van der Waals surface area (Å²) in [5, 5.41) is 5.69. The Morgan fingerprint density at radius 2 is 2.05 bits per heavy atom. The maximum Gasteiger partial charge on any atom is 0.319 e. The van der Waals surface area contributed by atoms with Gasteiger partial charge in [0.05, 0.1) is 17.4 Å². The van der Waals surface area contributed by atoms with Crippen LogP contribution in [0.25, 0.3) is 0 Å². The van der Waals surface area contributed by atoms with E-state index in [1.807, 2.05) is 32.0 Å². The predicted octanol–water partition coefficient (Wildman–Crippen LogP) is 2.87. The van der Waals surface area contributed by atoms with Gasteiger partial charge in [-0.25, -0.2) is 4.79 Å². The van der Waals surface area contributed by atoms with Crippen LogP contribution in [0.2, 0.25) is 0 Å². The van der Waals surface area contributed by atoms with E-state index in [9.17, 15) is 4.79 Å². The van der Waals surface area contributed by atoms with Crippen molar-refractivity contribution in [1.29, 1.82) is 0 Å². The van der Waals surface area contributed by atoms with Gasteiger partial charge in [0, 0.05) is 6.20 Å². The van der Waals surface area contributed by atoms with Crippen molar-refractivity contribution in [3.8, 4) is 11.5 Å². The quantitative estimate of drug-likeness (QED) is 0.914. The molecule has 1 aliphatic rings. The lowest BCUT2D eigenvalue weighted by Gasteiger charge is -2.27. The highest BCUT2D eigenvalue weighted by Gasteiger charge is 2.25. The number of carbonyl (C=O) groups excluding carboxylic acids is 1. The topological polar surface area (TPSA) is 72.5 Å². The van der Waals surface area contributed by atoms with E-state index >= 15 is 0 Å². The van der Waals surface area contributed by atoms with Gasteiger partial charge < -0.3 is 20.1 Å². The maximum atomic E-state index is 12.1. The van der Waals surface area contributed by atoms with E-state index in [-0.39, 0.29) is 12.8 Å². The van der Waals surface area contributed by atoms with Crippen LogP contribution in [-0.2, 0) is 5.54 Å². The first-order valence-electron chi connectivity index (χ1n) is 6.94. The summed E-state index contributed by atoms with van der Waals surface area (Å²) < 4.78 is 10.7. The molecule has 1 aliphatic heterocycles. The monoisotopic (exact) mass is 299 g/mol. The van der Waals surface area contributed by atoms with Gasteiger partial charge in [-0.2, -0.15) is 0 Å². The van der Waals surface area contributed by atoms with Crippen LogP contribution in [0.3, 0.4) is 0 Å². The van der Waals surface area contributed by atoms with E-state index < -0.39 is 5.54 Å². The summed E-state index contributed by atoms with van der Waals surface area (Å²) in [6.45, 7) is 4.08. The molecule has 1 aromatic heterocycles. The molecule has 2 aromatic rings. The van der Waals surface area contributed by atoms with Crippen molar-refractivity contribution in [2.75, 3.05) is 12.1 Å². The van der Waals surface area contributed by atoms with Crippen molar-refractivity contribution in [1.82, 2.24) is 10.3 Å². The van der Waals surface area contributed by atoms with E-state index in [1.165, 1.54) is 0 Å². The smallest absolute Gasteiger partial charge is 0.319 e. The summed E-state index contributed by atoms with van der Waals surface area (Å²) in [6, 6.07) is 8.89. The molecule has 2 amide bonds. The lowest BCUT2D eigenvalue weighted by Crippen LogP contribution is -2.43. The highest BCUT2D eigenvalue weighted by molar-refractivity contribution is 5.89. The third-order valence-electron chi connectivity index (χ3n) is 3.44. The first kappa shape index (κ1) is 14.2. The van der Waals surface area contributed by atoms with Gasteiger partial charge in [-0.1, -0.05) is 6.07 Å². The molecule has 2 heterocycles. The van der Waals surface area contributed by atoms with Crippen molar-refractivity contribution in [3.05, 3.63) is 48.3 Å². The van der Waals surface area contributed by atoms with Crippen molar-refractivity contribution in [2.45, 2.75) is 19.4 Å². The molecule has 0 atom stereocenters. The molecule has 1 aromatic carbocycles. The number of pyridine rings is 1. The van der Waals surface area contributed by atoms with E-state index in [1.54, 1.807) is 24.5 Å². The van der Waals surface area contributed by atoms with Gasteiger partial charge in [0.2, 0.25) is 6.79 Å². The van der Waals surface area contributed by atoms with Gasteiger partial charge in [-0.3, -0.25) is 4.98 Å². The van der Waals surface area contributed by atoms with Gasteiger partial charge in [0.15, 0.2) is 11.5 Å². The summed E-state index contributed by atoms with van der Waals surface area (Å²) in [6.07, 6.45) is 3.24. The van der Waals surface area contributed by atoms with Crippen molar-refractivity contribution in [2.24, 2.45) is 0 Å². The molecule has 0 spiro atoms. The Balaban J connectivity index is 1.71. The van der Waals surface area contributed by atoms with Gasteiger partial charge in [0.25, 0.3) is 0 Å². The van der Waals surface area contributed by atoms with Crippen LogP contribution in [0, 0.1) is 0 Å². The molecule has 22 heavy (non-hydrogen) atoms. The van der Waals surface area contributed by atoms with Crippen molar-refractivity contribution < 1.29 is 14.3 Å². The summed E-state index contributed by atoms with van der Waals surface area (Å²) in [5.74, 6) is 1.42. The number of anilines is 1. The number of nitrogens with zero attached hydrogens (tertiary/aromatic N) is 1. The third-order valence-corrected chi connectivity index (χ3v) is 3.44. The molecule has 2 N–H and O–H groups in total. The standard InChI is InChI=1S/C16H17N3O3/c1-16(2,11-5-6-13-14(8-11)22-10-21-13)19-15(20)18-12-4-3-7-17-9-12/h3-9H,10H2,1-2H3,(H2,18,19,20). The summed E-state index contributed by atoms with van der Waals surface area (Å²) in [4.78, 5) is 16.1. The van der Waals surface area contributed by atoms with E-state index in [0.29, 0.717) is 11.4 Å². The minimum atomic E-state index is -0.562. The molecular formula is C16H17N3O3. The molecule has 0 saturated heterocycles. The number of fused-ring (bicyclic) bond motifs is 1. The number of hydrogen-bond donors (Lipinski definition) is 2. The molecule has 6 nitrogen and oxygen atoms in total. The van der Waals surface area contributed by atoms with Gasteiger partial charge in [-0.05, 0) is 43.7 Å². The number of nitrogens with one attached hydrogen (secondary N) is 2. The molecule has 6 heteroatoms. The summed E-state index contributed by atoms with van der Waals surface area (Å²) in [7, 11) is 0. The normalized spacial score (nSPS) is 12.8. The summed E-state index contributed by atoms with van der Waals surface area (Å²) >= 11 is 0. The van der Waals surface area contributed by atoms with Crippen LogP contribution in [-0.4, -0.2) is 17.8 Å². The highest BCUT2D eigenvalue weighted by Crippen LogP contribution is 2.35. The fourth-order valence-electron chi connectivity index (χ4n) is 2.24.